The first-order valence-electron chi connectivity index (χ1n) is 7.65. The number of nitrogens with zero attached hydrogens (tertiary/aromatic N) is 1. The first kappa shape index (κ1) is 16.0. The van der Waals surface area contributed by atoms with Gasteiger partial charge in [0.25, 0.3) is 0 Å². The molecule has 2 aromatic rings. The molecule has 1 aliphatic heterocycles. The molecule has 0 aliphatic carbocycles. The van der Waals surface area contributed by atoms with E-state index in [-0.39, 0.29) is 0 Å². The summed E-state index contributed by atoms with van der Waals surface area (Å²) < 4.78 is 0. The maximum absolute atomic E-state index is 11.1. The third kappa shape index (κ3) is 4.10. The van der Waals surface area contributed by atoms with E-state index in [0.717, 1.165) is 29.2 Å². The van der Waals surface area contributed by atoms with Gasteiger partial charge in [-0.25, -0.2) is 0 Å². The van der Waals surface area contributed by atoms with Crippen molar-refractivity contribution in [2.24, 2.45) is 0 Å². The quantitative estimate of drug-likeness (QED) is 0.905. The lowest BCUT2D eigenvalue weighted by atomic mass is 10.0. The summed E-state index contributed by atoms with van der Waals surface area (Å²) >= 11 is 5.91. The Morgan fingerprint density at radius 3 is 2.35 bits per heavy atom. The van der Waals surface area contributed by atoms with Crippen molar-refractivity contribution in [2.45, 2.75) is 12.6 Å². The molecule has 1 saturated heterocycles. The van der Waals surface area contributed by atoms with Gasteiger partial charge in [0.2, 0.25) is 0 Å². The molecule has 2 aromatic carbocycles. The fraction of sp³-hybridized carbons (Fsp3) is 0.278. The van der Waals surface area contributed by atoms with Gasteiger partial charge in [-0.1, -0.05) is 48.0 Å². The Hall–Kier alpha value is -1.88. The standard InChI is InChI=1S/C18H19ClN2O2/c19-16-7-5-15(6-8-16)14-3-1-13(2-4-14)11-21-10-9-20-17(12-21)18(22)23/h1-8,17,20H,9-12H2,(H,22,23)/t17-/m0/s1. The summed E-state index contributed by atoms with van der Waals surface area (Å²) in [4.78, 5) is 13.3. The van der Waals surface area contributed by atoms with Crippen molar-refractivity contribution in [2.75, 3.05) is 19.6 Å². The van der Waals surface area contributed by atoms with E-state index < -0.39 is 12.0 Å². The predicted octanol–water partition coefficient (Wildman–Crippen LogP) is 2.87. The number of carboxylic acid groups (broad SMARTS) is 1. The van der Waals surface area contributed by atoms with E-state index in [1.54, 1.807) is 0 Å². The Bertz CT molecular complexity index is 670. The minimum absolute atomic E-state index is 0.475. The zero-order valence-electron chi connectivity index (χ0n) is 12.7. The molecule has 23 heavy (non-hydrogen) atoms. The van der Waals surface area contributed by atoms with Crippen LogP contribution in [0.4, 0.5) is 0 Å². The van der Waals surface area contributed by atoms with Gasteiger partial charge in [-0.15, -0.1) is 0 Å². The second kappa shape index (κ2) is 7.13. The Kier molecular flexibility index (Phi) is 4.96. The number of benzene rings is 2. The molecule has 1 heterocycles. The third-order valence-electron chi connectivity index (χ3n) is 4.10. The van der Waals surface area contributed by atoms with Gasteiger partial charge >= 0.3 is 5.97 Å². The molecule has 0 amide bonds. The number of carboxylic acids is 1. The highest BCUT2D eigenvalue weighted by atomic mass is 35.5. The lowest BCUT2D eigenvalue weighted by Crippen LogP contribution is -2.53. The van der Waals surface area contributed by atoms with Crippen LogP contribution in [-0.4, -0.2) is 41.7 Å². The summed E-state index contributed by atoms with van der Waals surface area (Å²) in [6, 6.07) is 15.7. The van der Waals surface area contributed by atoms with Crippen molar-refractivity contribution in [3.05, 3.63) is 59.1 Å². The molecular formula is C18H19ClN2O2. The van der Waals surface area contributed by atoms with Gasteiger partial charge in [-0.3, -0.25) is 9.69 Å². The van der Waals surface area contributed by atoms with Gasteiger partial charge in [0, 0.05) is 31.2 Å². The summed E-state index contributed by atoms with van der Waals surface area (Å²) in [7, 11) is 0. The fourth-order valence-electron chi connectivity index (χ4n) is 2.82. The van der Waals surface area contributed by atoms with E-state index in [2.05, 4.69) is 34.5 Å². The van der Waals surface area contributed by atoms with Crippen LogP contribution in [0.2, 0.25) is 5.02 Å². The molecule has 4 nitrogen and oxygen atoms in total. The topological polar surface area (TPSA) is 52.6 Å². The fourth-order valence-corrected chi connectivity index (χ4v) is 2.95. The van der Waals surface area contributed by atoms with Crippen LogP contribution < -0.4 is 5.32 Å². The SMILES string of the molecule is O=C(O)[C@@H]1CN(Cc2ccc(-c3ccc(Cl)cc3)cc2)CCN1. The van der Waals surface area contributed by atoms with Crippen LogP contribution in [0.5, 0.6) is 0 Å². The second-order valence-electron chi connectivity index (χ2n) is 5.78. The predicted molar refractivity (Wildman–Crippen MR) is 91.6 cm³/mol. The maximum Gasteiger partial charge on any atom is 0.322 e. The Balaban J connectivity index is 1.65. The van der Waals surface area contributed by atoms with E-state index in [9.17, 15) is 4.79 Å². The van der Waals surface area contributed by atoms with Crippen molar-refractivity contribution >= 4 is 17.6 Å². The van der Waals surface area contributed by atoms with Crippen LogP contribution in [0, 0.1) is 0 Å². The molecule has 1 atom stereocenters. The Morgan fingerprint density at radius 2 is 1.74 bits per heavy atom. The van der Waals surface area contributed by atoms with E-state index in [1.807, 2.05) is 24.3 Å². The van der Waals surface area contributed by atoms with Crippen molar-refractivity contribution in [3.63, 3.8) is 0 Å². The summed E-state index contributed by atoms with van der Waals surface area (Å²) in [6.45, 7) is 2.88. The zero-order valence-corrected chi connectivity index (χ0v) is 13.5. The molecule has 1 fully saturated rings. The van der Waals surface area contributed by atoms with Crippen molar-refractivity contribution in [3.8, 4) is 11.1 Å². The van der Waals surface area contributed by atoms with E-state index in [0.29, 0.717) is 13.1 Å². The summed E-state index contributed by atoms with van der Waals surface area (Å²) in [6.07, 6.45) is 0. The number of halogens is 1. The number of hydrogen-bond donors (Lipinski definition) is 2. The number of rotatable bonds is 4. The molecular weight excluding hydrogens is 312 g/mol. The molecule has 120 valence electrons. The van der Waals surface area contributed by atoms with Crippen LogP contribution in [-0.2, 0) is 11.3 Å². The van der Waals surface area contributed by atoms with Crippen LogP contribution in [0.15, 0.2) is 48.5 Å². The number of aliphatic carboxylic acids is 1. The third-order valence-corrected chi connectivity index (χ3v) is 4.35. The molecule has 0 saturated carbocycles. The van der Waals surface area contributed by atoms with Gasteiger partial charge in [-0.05, 0) is 28.8 Å². The second-order valence-corrected chi connectivity index (χ2v) is 6.22. The number of piperazine rings is 1. The van der Waals surface area contributed by atoms with Crippen molar-refractivity contribution in [1.82, 2.24) is 10.2 Å². The molecule has 5 heteroatoms. The average molecular weight is 331 g/mol. The van der Waals surface area contributed by atoms with Crippen molar-refractivity contribution in [1.29, 1.82) is 0 Å². The van der Waals surface area contributed by atoms with Crippen molar-refractivity contribution < 1.29 is 9.90 Å². The first-order valence-corrected chi connectivity index (χ1v) is 8.03. The van der Waals surface area contributed by atoms with E-state index in [4.69, 9.17) is 16.7 Å². The zero-order chi connectivity index (χ0) is 16.2. The highest BCUT2D eigenvalue weighted by Crippen LogP contribution is 2.22. The van der Waals surface area contributed by atoms with Gasteiger partial charge in [-0.2, -0.15) is 0 Å². The van der Waals surface area contributed by atoms with Crippen LogP contribution in [0.1, 0.15) is 5.56 Å². The highest BCUT2D eigenvalue weighted by molar-refractivity contribution is 6.30. The minimum atomic E-state index is -0.784. The number of hydrogen-bond acceptors (Lipinski definition) is 3. The van der Waals surface area contributed by atoms with Crippen LogP contribution in [0.25, 0.3) is 11.1 Å². The minimum Gasteiger partial charge on any atom is -0.480 e. The molecule has 0 spiro atoms. The Labute approximate surface area is 140 Å². The Morgan fingerprint density at radius 1 is 1.13 bits per heavy atom. The normalized spacial score (nSPS) is 18.7. The summed E-state index contributed by atoms with van der Waals surface area (Å²) in [5.41, 5.74) is 3.47. The van der Waals surface area contributed by atoms with E-state index in [1.165, 1.54) is 5.56 Å². The maximum atomic E-state index is 11.1. The molecule has 0 unspecified atom stereocenters. The highest BCUT2D eigenvalue weighted by Gasteiger charge is 2.24. The summed E-state index contributed by atoms with van der Waals surface area (Å²) in [5.74, 6) is -0.784. The smallest absolute Gasteiger partial charge is 0.322 e. The van der Waals surface area contributed by atoms with Gasteiger partial charge < -0.3 is 10.4 Å². The monoisotopic (exact) mass is 330 g/mol. The molecule has 2 N–H and O–H groups in total. The molecule has 1 aliphatic rings. The number of nitrogens with one attached hydrogen (secondary N) is 1. The lowest BCUT2D eigenvalue weighted by molar-refractivity contribution is -0.140. The molecule has 3 rings (SSSR count). The van der Waals surface area contributed by atoms with Gasteiger partial charge in [0.05, 0.1) is 0 Å². The summed E-state index contributed by atoms with van der Waals surface area (Å²) in [5, 5.41) is 12.9. The van der Waals surface area contributed by atoms with Crippen LogP contribution >= 0.6 is 11.6 Å². The van der Waals surface area contributed by atoms with Gasteiger partial charge in [0.1, 0.15) is 6.04 Å². The largest absolute Gasteiger partial charge is 0.480 e. The van der Waals surface area contributed by atoms with Crippen LogP contribution in [0.3, 0.4) is 0 Å². The van der Waals surface area contributed by atoms with E-state index >= 15 is 0 Å². The van der Waals surface area contributed by atoms with Gasteiger partial charge in [0.15, 0.2) is 0 Å². The number of carbonyl (C=O) groups is 1. The first-order chi connectivity index (χ1) is 11.1. The molecule has 0 bridgehead atoms. The molecule has 0 radical (unpaired) electrons. The molecule has 0 aromatic heterocycles. The lowest BCUT2D eigenvalue weighted by Gasteiger charge is -2.31. The average Bonchev–Trinajstić information content (AvgIpc) is 2.57.